The van der Waals surface area contributed by atoms with E-state index in [1.807, 2.05) is 6.92 Å². The molecule has 0 aliphatic carbocycles. The SMILES string of the molecule is CCOc1cccc(NC(=O)CC2C(=O)N(C)C(=S)N2NC(=O)c2ccc(Br)cc2)c1. The second-order valence-electron chi connectivity index (χ2n) is 6.73. The Morgan fingerprint density at radius 3 is 2.58 bits per heavy atom. The quantitative estimate of drug-likeness (QED) is 0.563. The Balaban J connectivity index is 1.71. The Labute approximate surface area is 193 Å². The molecule has 3 rings (SSSR count). The Hall–Kier alpha value is -2.98. The maximum atomic E-state index is 12.7. The van der Waals surface area contributed by atoms with Crippen molar-refractivity contribution in [2.75, 3.05) is 19.0 Å². The molecular formula is C21H21BrN4O4S. The minimum Gasteiger partial charge on any atom is -0.494 e. The normalized spacial score (nSPS) is 15.8. The van der Waals surface area contributed by atoms with Crippen molar-refractivity contribution in [1.82, 2.24) is 15.3 Å². The van der Waals surface area contributed by atoms with Crippen molar-refractivity contribution >= 4 is 56.7 Å². The van der Waals surface area contributed by atoms with Gasteiger partial charge in [-0.2, -0.15) is 0 Å². The van der Waals surface area contributed by atoms with Crippen LogP contribution < -0.4 is 15.5 Å². The van der Waals surface area contributed by atoms with Gasteiger partial charge >= 0.3 is 0 Å². The number of nitrogens with one attached hydrogen (secondary N) is 2. The van der Waals surface area contributed by atoms with E-state index >= 15 is 0 Å². The maximum Gasteiger partial charge on any atom is 0.269 e. The number of amides is 3. The molecule has 3 amide bonds. The lowest BCUT2D eigenvalue weighted by Crippen LogP contribution is -2.49. The molecule has 8 nitrogen and oxygen atoms in total. The number of halogens is 1. The molecule has 0 aromatic heterocycles. The molecule has 162 valence electrons. The van der Waals surface area contributed by atoms with E-state index in [0.29, 0.717) is 23.6 Å². The molecule has 10 heteroatoms. The van der Waals surface area contributed by atoms with Crippen molar-refractivity contribution in [3.05, 3.63) is 58.6 Å². The van der Waals surface area contributed by atoms with E-state index in [2.05, 4.69) is 26.7 Å². The maximum absolute atomic E-state index is 12.7. The van der Waals surface area contributed by atoms with Crippen molar-refractivity contribution < 1.29 is 19.1 Å². The molecule has 2 N–H and O–H groups in total. The lowest BCUT2D eigenvalue weighted by atomic mass is 10.2. The fraction of sp³-hybridized carbons (Fsp3) is 0.238. The van der Waals surface area contributed by atoms with Gasteiger partial charge in [-0.15, -0.1) is 0 Å². The summed E-state index contributed by atoms with van der Waals surface area (Å²) in [4.78, 5) is 39.1. The number of ether oxygens (including phenoxy) is 1. The summed E-state index contributed by atoms with van der Waals surface area (Å²) in [5, 5.41) is 4.13. The number of benzene rings is 2. The van der Waals surface area contributed by atoms with E-state index in [4.69, 9.17) is 17.0 Å². The van der Waals surface area contributed by atoms with Crippen molar-refractivity contribution in [3.8, 4) is 5.75 Å². The van der Waals surface area contributed by atoms with Gasteiger partial charge in [0.25, 0.3) is 11.8 Å². The third-order valence-electron chi connectivity index (χ3n) is 4.56. The molecule has 1 unspecified atom stereocenters. The van der Waals surface area contributed by atoms with E-state index in [0.717, 1.165) is 4.47 Å². The van der Waals surface area contributed by atoms with Gasteiger partial charge in [-0.05, 0) is 55.5 Å². The molecule has 1 atom stereocenters. The molecule has 1 aliphatic rings. The number of nitrogens with zero attached hydrogens (tertiary/aromatic N) is 2. The Bertz CT molecular complexity index is 1010. The van der Waals surface area contributed by atoms with Gasteiger partial charge in [-0.1, -0.05) is 22.0 Å². The number of carbonyl (C=O) groups excluding carboxylic acids is 3. The van der Waals surface area contributed by atoms with Crippen molar-refractivity contribution in [3.63, 3.8) is 0 Å². The summed E-state index contributed by atoms with van der Waals surface area (Å²) >= 11 is 8.61. The van der Waals surface area contributed by atoms with Gasteiger partial charge < -0.3 is 10.1 Å². The molecule has 0 bridgehead atoms. The van der Waals surface area contributed by atoms with Crippen molar-refractivity contribution in [2.24, 2.45) is 0 Å². The lowest BCUT2D eigenvalue weighted by molar-refractivity contribution is -0.130. The van der Waals surface area contributed by atoms with Crippen LogP contribution in [0.2, 0.25) is 0 Å². The fourth-order valence-electron chi connectivity index (χ4n) is 3.02. The van der Waals surface area contributed by atoms with Crippen LogP contribution in [0.4, 0.5) is 5.69 Å². The highest BCUT2D eigenvalue weighted by molar-refractivity contribution is 9.10. The van der Waals surface area contributed by atoms with Gasteiger partial charge in [0.2, 0.25) is 5.91 Å². The first-order valence-electron chi connectivity index (χ1n) is 9.50. The average molecular weight is 505 g/mol. The summed E-state index contributed by atoms with van der Waals surface area (Å²) in [6.07, 6.45) is -0.192. The second-order valence-corrected chi connectivity index (χ2v) is 8.01. The van der Waals surface area contributed by atoms with Crippen LogP contribution in [-0.4, -0.2) is 52.4 Å². The molecule has 2 aromatic rings. The van der Waals surface area contributed by atoms with Gasteiger partial charge in [-0.25, -0.2) is 5.01 Å². The second kappa shape index (κ2) is 9.88. The van der Waals surface area contributed by atoms with Crippen LogP contribution in [0.15, 0.2) is 53.0 Å². The molecule has 0 spiro atoms. The number of hydrogen-bond donors (Lipinski definition) is 2. The van der Waals surface area contributed by atoms with Crippen LogP contribution in [-0.2, 0) is 9.59 Å². The van der Waals surface area contributed by atoms with E-state index in [1.165, 1.54) is 17.0 Å². The number of thiocarbonyl (C=S) groups is 1. The summed E-state index contributed by atoms with van der Waals surface area (Å²) in [6, 6.07) is 12.7. The van der Waals surface area contributed by atoms with Crippen molar-refractivity contribution in [2.45, 2.75) is 19.4 Å². The first-order chi connectivity index (χ1) is 14.8. The molecule has 1 fully saturated rings. The van der Waals surface area contributed by atoms with Crippen LogP contribution in [0.25, 0.3) is 0 Å². The highest BCUT2D eigenvalue weighted by atomic mass is 79.9. The molecule has 0 radical (unpaired) electrons. The Kier molecular flexibility index (Phi) is 7.24. The number of hydrazine groups is 1. The number of carbonyl (C=O) groups is 3. The third kappa shape index (κ3) is 5.39. The molecule has 0 saturated carbocycles. The zero-order chi connectivity index (χ0) is 22.5. The first kappa shape index (κ1) is 22.7. The number of anilines is 1. The third-order valence-corrected chi connectivity index (χ3v) is 5.56. The van der Waals surface area contributed by atoms with E-state index in [-0.39, 0.29) is 17.4 Å². The Morgan fingerprint density at radius 1 is 1.19 bits per heavy atom. The zero-order valence-corrected chi connectivity index (χ0v) is 19.3. The van der Waals surface area contributed by atoms with Gasteiger partial charge in [0.05, 0.1) is 13.0 Å². The molecule has 1 aliphatic heterocycles. The predicted octanol–water partition coefficient (Wildman–Crippen LogP) is 2.95. The van der Waals surface area contributed by atoms with Gasteiger partial charge in [-0.3, -0.25) is 24.7 Å². The lowest BCUT2D eigenvalue weighted by Gasteiger charge is -2.24. The van der Waals surface area contributed by atoms with Gasteiger partial charge in [0, 0.05) is 28.8 Å². The molecule has 1 heterocycles. The van der Waals surface area contributed by atoms with Crippen LogP contribution in [0.1, 0.15) is 23.7 Å². The summed E-state index contributed by atoms with van der Waals surface area (Å²) in [6.45, 7) is 2.37. The van der Waals surface area contributed by atoms with Crippen LogP contribution in [0.5, 0.6) is 5.75 Å². The highest BCUT2D eigenvalue weighted by Gasteiger charge is 2.42. The predicted molar refractivity (Wildman–Crippen MR) is 123 cm³/mol. The van der Waals surface area contributed by atoms with E-state index in [1.54, 1.807) is 48.5 Å². The monoisotopic (exact) mass is 504 g/mol. The number of likely N-dealkylation sites (N-methyl/N-ethyl adjacent to an activating group) is 1. The zero-order valence-electron chi connectivity index (χ0n) is 16.9. The van der Waals surface area contributed by atoms with Crippen LogP contribution >= 0.6 is 28.1 Å². The van der Waals surface area contributed by atoms with Crippen LogP contribution in [0.3, 0.4) is 0 Å². The largest absolute Gasteiger partial charge is 0.494 e. The van der Waals surface area contributed by atoms with Crippen molar-refractivity contribution in [1.29, 1.82) is 0 Å². The fourth-order valence-corrected chi connectivity index (χ4v) is 3.55. The summed E-state index contributed by atoms with van der Waals surface area (Å²) < 4.78 is 6.26. The van der Waals surface area contributed by atoms with E-state index < -0.39 is 17.9 Å². The van der Waals surface area contributed by atoms with Crippen LogP contribution in [0, 0.1) is 0 Å². The van der Waals surface area contributed by atoms with E-state index in [9.17, 15) is 14.4 Å². The van der Waals surface area contributed by atoms with Gasteiger partial charge in [0.15, 0.2) is 5.11 Å². The average Bonchev–Trinajstić information content (AvgIpc) is 2.93. The minimum atomic E-state index is -0.952. The van der Waals surface area contributed by atoms with Gasteiger partial charge in [0.1, 0.15) is 11.8 Å². The topological polar surface area (TPSA) is 91.0 Å². The first-order valence-corrected chi connectivity index (χ1v) is 10.7. The summed E-state index contributed by atoms with van der Waals surface area (Å²) in [7, 11) is 1.51. The minimum absolute atomic E-state index is 0.117. The molecular weight excluding hydrogens is 484 g/mol. The highest BCUT2D eigenvalue weighted by Crippen LogP contribution is 2.21. The summed E-state index contributed by atoms with van der Waals surface area (Å²) in [5.41, 5.74) is 3.58. The molecule has 2 aromatic carbocycles. The number of hydrogen-bond acceptors (Lipinski definition) is 5. The summed E-state index contributed by atoms with van der Waals surface area (Å²) in [5.74, 6) is -0.582. The smallest absolute Gasteiger partial charge is 0.269 e. The Morgan fingerprint density at radius 2 is 1.90 bits per heavy atom. The molecule has 1 saturated heterocycles. The number of rotatable bonds is 7. The molecule has 31 heavy (non-hydrogen) atoms. The standard InChI is InChI=1S/C21H21BrN4O4S/c1-3-30-16-6-4-5-15(11-16)23-18(27)12-17-20(29)25(2)21(31)26(17)24-19(28)13-7-9-14(22)10-8-13/h4-11,17H,3,12H2,1-2H3,(H,23,27)(H,24,28).